The Morgan fingerprint density at radius 2 is 1.76 bits per heavy atom. The van der Waals surface area contributed by atoms with E-state index in [0.717, 1.165) is 31.4 Å². The van der Waals surface area contributed by atoms with Gasteiger partial charge in [0.2, 0.25) is 0 Å². The predicted molar refractivity (Wildman–Crippen MR) is 108 cm³/mol. The van der Waals surface area contributed by atoms with Crippen molar-refractivity contribution >= 4 is 0 Å². The van der Waals surface area contributed by atoms with Crippen molar-refractivity contribution in [2.24, 2.45) is 5.92 Å². The van der Waals surface area contributed by atoms with E-state index in [2.05, 4.69) is 6.92 Å². The van der Waals surface area contributed by atoms with Crippen LogP contribution in [0.5, 0.6) is 0 Å². The van der Waals surface area contributed by atoms with E-state index in [4.69, 9.17) is 9.47 Å². The number of rotatable bonds is 8. The molecule has 0 bridgehead atoms. The van der Waals surface area contributed by atoms with Crippen molar-refractivity contribution in [3.05, 3.63) is 58.9 Å². The van der Waals surface area contributed by atoms with Crippen LogP contribution in [-0.4, -0.2) is 19.8 Å². The molecule has 0 saturated carbocycles. The van der Waals surface area contributed by atoms with Gasteiger partial charge in [-0.05, 0) is 42.9 Å². The van der Waals surface area contributed by atoms with Crippen LogP contribution in [0.3, 0.4) is 0 Å². The first-order valence-electron chi connectivity index (χ1n) is 10.5. The fraction of sp³-hybridized carbons (Fsp3) is 0.500. The monoisotopic (exact) mass is 406 g/mol. The Kier molecular flexibility index (Phi) is 7.73. The topological polar surface area (TPSA) is 18.5 Å². The van der Waals surface area contributed by atoms with Crippen molar-refractivity contribution in [1.29, 1.82) is 0 Å². The Hall–Kier alpha value is -1.85. The average molecular weight is 406 g/mol. The summed E-state index contributed by atoms with van der Waals surface area (Å²) < 4.78 is 55.0. The highest BCUT2D eigenvalue weighted by molar-refractivity contribution is 5.66. The summed E-state index contributed by atoms with van der Waals surface area (Å²) in [6.45, 7) is 6.00. The van der Waals surface area contributed by atoms with E-state index in [1.165, 1.54) is 24.3 Å². The standard InChI is InChI=1S/C24H29F3O2/c1-3-5-17-7-10-20(24(27)23(17)26)19-9-8-18(13-21(19)25)22-11-6-16(15-29-22)14-28-12-4-2/h7-10,13,16,22H,3-6,11-12,14-15H2,1-2H3. The van der Waals surface area contributed by atoms with Crippen LogP contribution in [0.4, 0.5) is 13.2 Å². The van der Waals surface area contributed by atoms with Gasteiger partial charge in [0.15, 0.2) is 11.6 Å². The highest BCUT2D eigenvalue weighted by atomic mass is 19.2. The molecule has 0 aliphatic carbocycles. The number of hydrogen-bond acceptors (Lipinski definition) is 2. The molecule has 2 unspecified atom stereocenters. The molecule has 2 atom stereocenters. The number of aryl methyl sites for hydroxylation is 1. The van der Waals surface area contributed by atoms with E-state index in [1.54, 1.807) is 6.07 Å². The van der Waals surface area contributed by atoms with Crippen molar-refractivity contribution in [3.63, 3.8) is 0 Å². The normalized spacial score (nSPS) is 19.5. The SMILES string of the molecule is CCCOCC1CCC(c2ccc(-c3ccc(CCC)c(F)c3F)c(F)c2)OC1. The van der Waals surface area contributed by atoms with E-state index >= 15 is 0 Å². The van der Waals surface area contributed by atoms with E-state index in [-0.39, 0.29) is 17.2 Å². The minimum atomic E-state index is -0.994. The zero-order valence-corrected chi connectivity index (χ0v) is 17.1. The first-order chi connectivity index (χ1) is 14.0. The van der Waals surface area contributed by atoms with Gasteiger partial charge >= 0.3 is 0 Å². The molecule has 5 heteroatoms. The summed E-state index contributed by atoms with van der Waals surface area (Å²) in [5.74, 6) is -2.09. The number of ether oxygens (including phenoxy) is 2. The highest BCUT2D eigenvalue weighted by Crippen LogP contribution is 2.34. The lowest BCUT2D eigenvalue weighted by atomic mass is 9.93. The van der Waals surface area contributed by atoms with E-state index in [1.807, 2.05) is 6.92 Å². The minimum Gasteiger partial charge on any atom is -0.381 e. The average Bonchev–Trinajstić information content (AvgIpc) is 2.73. The van der Waals surface area contributed by atoms with Crippen LogP contribution in [0.25, 0.3) is 11.1 Å². The summed E-state index contributed by atoms with van der Waals surface area (Å²) in [5, 5.41) is 0. The zero-order chi connectivity index (χ0) is 20.8. The molecule has 0 N–H and O–H groups in total. The van der Waals surface area contributed by atoms with Crippen LogP contribution in [0.1, 0.15) is 56.8 Å². The van der Waals surface area contributed by atoms with Gasteiger partial charge in [-0.3, -0.25) is 0 Å². The molecule has 1 heterocycles. The molecular weight excluding hydrogens is 377 g/mol. The van der Waals surface area contributed by atoms with Gasteiger partial charge in [-0.15, -0.1) is 0 Å². The quantitative estimate of drug-likeness (QED) is 0.459. The van der Waals surface area contributed by atoms with Gasteiger partial charge in [0, 0.05) is 23.7 Å². The summed E-state index contributed by atoms with van der Waals surface area (Å²) >= 11 is 0. The maximum Gasteiger partial charge on any atom is 0.167 e. The van der Waals surface area contributed by atoms with Gasteiger partial charge in [-0.1, -0.05) is 44.5 Å². The predicted octanol–water partition coefficient (Wildman–Crippen LogP) is 6.62. The molecule has 0 radical (unpaired) electrons. The van der Waals surface area contributed by atoms with E-state index < -0.39 is 17.5 Å². The molecule has 2 aromatic rings. The van der Waals surface area contributed by atoms with Gasteiger partial charge in [0.25, 0.3) is 0 Å². The molecular formula is C24H29F3O2. The van der Waals surface area contributed by atoms with Crippen molar-refractivity contribution in [1.82, 2.24) is 0 Å². The van der Waals surface area contributed by atoms with Crippen molar-refractivity contribution < 1.29 is 22.6 Å². The molecule has 3 rings (SSSR count). The third kappa shape index (κ3) is 5.20. The highest BCUT2D eigenvalue weighted by Gasteiger charge is 2.24. The van der Waals surface area contributed by atoms with Gasteiger partial charge in [0.05, 0.1) is 19.3 Å². The van der Waals surface area contributed by atoms with Crippen LogP contribution >= 0.6 is 0 Å². The first-order valence-corrected chi connectivity index (χ1v) is 10.5. The molecule has 1 saturated heterocycles. The molecule has 2 aromatic carbocycles. The molecule has 29 heavy (non-hydrogen) atoms. The molecule has 0 aromatic heterocycles. The van der Waals surface area contributed by atoms with Gasteiger partial charge < -0.3 is 9.47 Å². The minimum absolute atomic E-state index is 0.0518. The third-order valence-electron chi connectivity index (χ3n) is 5.41. The molecule has 158 valence electrons. The Bertz CT molecular complexity index is 814. The Morgan fingerprint density at radius 3 is 2.41 bits per heavy atom. The second-order valence-electron chi connectivity index (χ2n) is 7.73. The summed E-state index contributed by atoms with van der Waals surface area (Å²) in [7, 11) is 0. The maximum absolute atomic E-state index is 14.8. The fourth-order valence-corrected chi connectivity index (χ4v) is 3.80. The third-order valence-corrected chi connectivity index (χ3v) is 5.41. The number of hydrogen-bond donors (Lipinski definition) is 0. The summed E-state index contributed by atoms with van der Waals surface area (Å²) in [5.41, 5.74) is 1.06. The second kappa shape index (κ2) is 10.3. The summed E-state index contributed by atoms with van der Waals surface area (Å²) in [6, 6.07) is 7.64. The van der Waals surface area contributed by atoms with Gasteiger partial charge in [0.1, 0.15) is 5.82 Å². The van der Waals surface area contributed by atoms with Crippen LogP contribution < -0.4 is 0 Å². The van der Waals surface area contributed by atoms with E-state index in [9.17, 15) is 13.2 Å². The van der Waals surface area contributed by atoms with Crippen LogP contribution in [0.2, 0.25) is 0 Å². The lowest BCUT2D eigenvalue weighted by molar-refractivity contribution is -0.0434. The van der Waals surface area contributed by atoms with Crippen LogP contribution in [0, 0.1) is 23.4 Å². The molecule has 1 fully saturated rings. The van der Waals surface area contributed by atoms with Crippen LogP contribution in [-0.2, 0) is 15.9 Å². The Balaban J connectivity index is 1.71. The lowest BCUT2D eigenvalue weighted by Gasteiger charge is -2.29. The van der Waals surface area contributed by atoms with Crippen molar-refractivity contribution in [2.45, 2.75) is 52.1 Å². The molecule has 0 spiro atoms. The molecule has 1 aliphatic heterocycles. The molecule has 0 amide bonds. The summed E-state index contributed by atoms with van der Waals surface area (Å²) in [6.07, 6.45) is 3.71. The second-order valence-corrected chi connectivity index (χ2v) is 7.73. The van der Waals surface area contributed by atoms with Gasteiger partial charge in [-0.2, -0.15) is 0 Å². The van der Waals surface area contributed by atoms with Crippen molar-refractivity contribution in [3.8, 4) is 11.1 Å². The van der Waals surface area contributed by atoms with E-state index in [0.29, 0.717) is 37.5 Å². The van der Waals surface area contributed by atoms with Crippen LogP contribution in [0.15, 0.2) is 30.3 Å². The van der Waals surface area contributed by atoms with Gasteiger partial charge in [-0.25, -0.2) is 13.2 Å². The molecule has 1 aliphatic rings. The smallest absolute Gasteiger partial charge is 0.167 e. The number of halogens is 3. The lowest BCUT2D eigenvalue weighted by Crippen LogP contribution is -2.24. The summed E-state index contributed by atoms with van der Waals surface area (Å²) in [4.78, 5) is 0. The fourth-order valence-electron chi connectivity index (χ4n) is 3.80. The molecule has 2 nitrogen and oxygen atoms in total. The largest absolute Gasteiger partial charge is 0.381 e. The maximum atomic E-state index is 14.8. The Labute approximate surface area is 171 Å². The Morgan fingerprint density at radius 1 is 0.966 bits per heavy atom. The number of benzene rings is 2. The zero-order valence-electron chi connectivity index (χ0n) is 17.1. The van der Waals surface area contributed by atoms with Crippen molar-refractivity contribution in [2.75, 3.05) is 19.8 Å². The first kappa shape index (κ1) is 21.8.